The Hall–Kier alpha value is -4.33. The molecule has 0 atom stereocenters. The zero-order valence-corrected chi connectivity index (χ0v) is 19.7. The Labute approximate surface area is 204 Å². The fourth-order valence-corrected chi connectivity index (χ4v) is 4.18. The van der Waals surface area contributed by atoms with Gasteiger partial charge in [-0.1, -0.05) is 67.6 Å². The molecule has 0 aliphatic heterocycles. The van der Waals surface area contributed by atoms with Gasteiger partial charge >= 0.3 is 0 Å². The van der Waals surface area contributed by atoms with Gasteiger partial charge in [0.15, 0.2) is 5.82 Å². The topological polar surface area (TPSA) is 111 Å². The van der Waals surface area contributed by atoms with Crippen LogP contribution in [0.1, 0.15) is 36.1 Å². The summed E-state index contributed by atoms with van der Waals surface area (Å²) in [7, 11) is 0. The molecule has 0 fully saturated rings. The van der Waals surface area contributed by atoms with Crippen molar-refractivity contribution in [3.05, 3.63) is 95.6 Å². The first-order chi connectivity index (χ1) is 17.2. The van der Waals surface area contributed by atoms with E-state index in [1.165, 1.54) is 11.1 Å². The molecule has 5 aromatic rings. The number of tetrazole rings is 1. The Morgan fingerprint density at radius 2 is 1.57 bits per heavy atom. The Bertz CT molecular complexity index is 1370. The Kier molecular flexibility index (Phi) is 6.61. The van der Waals surface area contributed by atoms with E-state index in [1.807, 2.05) is 35.0 Å². The van der Waals surface area contributed by atoms with E-state index in [-0.39, 0.29) is 0 Å². The Morgan fingerprint density at radius 1 is 0.829 bits per heavy atom. The van der Waals surface area contributed by atoms with Crippen molar-refractivity contribution < 1.29 is 0 Å². The quantitative estimate of drug-likeness (QED) is 0.311. The number of H-pyrrole nitrogens is 1. The summed E-state index contributed by atoms with van der Waals surface area (Å²) in [6.45, 7) is 2.83. The van der Waals surface area contributed by atoms with Crippen LogP contribution >= 0.6 is 0 Å². The number of aryl methyl sites for hydroxylation is 3. The summed E-state index contributed by atoms with van der Waals surface area (Å²) in [6.07, 6.45) is 3.64. The van der Waals surface area contributed by atoms with E-state index in [1.54, 1.807) is 0 Å². The van der Waals surface area contributed by atoms with Gasteiger partial charge in [0.1, 0.15) is 5.82 Å². The van der Waals surface area contributed by atoms with Crippen molar-refractivity contribution in [2.45, 2.75) is 39.2 Å². The SMILES string of the molecule is CCCc1nc(CCc2ccc(N)cc2)n(Cc2ccc(-c3ccccc3-c3nn[nH]n3)cc2)n1. The summed E-state index contributed by atoms with van der Waals surface area (Å²) < 4.78 is 2.05. The van der Waals surface area contributed by atoms with Crippen LogP contribution in [0.15, 0.2) is 72.8 Å². The standard InChI is InChI=1S/C27H28N8/c1-2-5-25-29-26(17-12-19-10-15-22(28)16-11-19)35(32-25)18-20-8-13-21(14-9-20)23-6-3-4-7-24(23)27-30-33-34-31-27/h3-4,6-11,13-16H,2,5,12,17-18,28H2,1H3,(H,30,31,33,34). The normalized spacial score (nSPS) is 11.1. The minimum Gasteiger partial charge on any atom is -0.399 e. The lowest BCUT2D eigenvalue weighted by Gasteiger charge is -2.09. The number of nitrogens with two attached hydrogens (primary N) is 1. The lowest BCUT2D eigenvalue weighted by atomic mass is 9.98. The molecule has 176 valence electrons. The predicted octanol–water partition coefficient (Wildman–Crippen LogP) is 4.49. The second-order valence-corrected chi connectivity index (χ2v) is 8.57. The molecule has 0 bridgehead atoms. The lowest BCUT2D eigenvalue weighted by Crippen LogP contribution is -2.08. The summed E-state index contributed by atoms with van der Waals surface area (Å²) in [4.78, 5) is 4.84. The zero-order valence-electron chi connectivity index (χ0n) is 19.7. The maximum atomic E-state index is 5.82. The number of nitrogen functional groups attached to an aromatic ring is 1. The van der Waals surface area contributed by atoms with Crippen LogP contribution in [0, 0.1) is 0 Å². The summed E-state index contributed by atoms with van der Waals surface area (Å²) in [5, 5.41) is 19.3. The highest BCUT2D eigenvalue weighted by atomic mass is 15.5. The van der Waals surface area contributed by atoms with Gasteiger partial charge in [-0.05, 0) is 52.4 Å². The molecule has 35 heavy (non-hydrogen) atoms. The third-order valence-electron chi connectivity index (χ3n) is 5.99. The smallest absolute Gasteiger partial charge is 0.205 e. The molecule has 0 radical (unpaired) electrons. The van der Waals surface area contributed by atoms with Gasteiger partial charge in [-0.25, -0.2) is 9.67 Å². The molecule has 3 aromatic carbocycles. The Morgan fingerprint density at radius 3 is 2.29 bits per heavy atom. The van der Waals surface area contributed by atoms with Gasteiger partial charge in [-0.2, -0.15) is 10.3 Å². The summed E-state index contributed by atoms with van der Waals surface area (Å²) in [5.74, 6) is 2.50. The lowest BCUT2D eigenvalue weighted by molar-refractivity contribution is 0.626. The fraction of sp³-hybridized carbons (Fsp3) is 0.222. The van der Waals surface area contributed by atoms with Gasteiger partial charge in [0, 0.05) is 24.1 Å². The molecule has 0 aliphatic carbocycles. The first kappa shape index (κ1) is 22.5. The number of hydrogen-bond acceptors (Lipinski definition) is 6. The molecule has 2 aromatic heterocycles. The van der Waals surface area contributed by atoms with Crippen LogP contribution in [-0.2, 0) is 25.8 Å². The van der Waals surface area contributed by atoms with Crippen LogP contribution < -0.4 is 5.73 Å². The maximum Gasteiger partial charge on any atom is 0.205 e. The van der Waals surface area contributed by atoms with Crippen LogP contribution in [0.2, 0.25) is 0 Å². The average molecular weight is 465 g/mol. The van der Waals surface area contributed by atoms with Gasteiger partial charge in [0.25, 0.3) is 0 Å². The van der Waals surface area contributed by atoms with Crippen molar-refractivity contribution in [3.63, 3.8) is 0 Å². The van der Waals surface area contributed by atoms with E-state index < -0.39 is 0 Å². The number of benzene rings is 3. The fourth-order valence-electron chi connectivity index (χ4n) is 4.18. The van der Waals surface area contributed by atoms with E-state index in [2.05, 4.69) is 70.0 Å². The van der Waals surface area contributed by atoms with Gasteiger partial charge in [-0.3, -0.25) is 0 Å². The molecule has 3 N–H and O–H groups in total. The van der Waals surface area contributed by atoms with E-state index in [0.717, 1.165) is 59.7 Å². The molecular formula is C27H28N8. The van der Waals surface area contributed by atoms with Gasteiger partial charge in [0.2, 0.25) is 5.82 Å². The highest BCUT2D eigenvalue weighted by Gasteiger charge is 2.13. The molecule has 8 nitrogen and oxygen atoms in total. The van der Waals surface area contributed by atoms with Gasteiger partial charge < -0.3 is 5.73 Å². The molecule has 5 rings (SSSR count). The molecule has 0 saturated carbocycles. The highest BCUT2D eigenvalue weighted by molar-refractivity contribution is 5.80. The number of hydrogen-bond donors (Lipinski definition) is 2. The number of nitrogens with one attached hydrogen (secondary N) is 1. The van der Waals surface area contributed by atoms with E-state index in [0.29, 0.717) is 12.4 Å². The summed E-state index contributed by atoms with van der Waals surface area (Å²) in [6, 6.07) is 24.7. The van der Waals surface area contributed by atoms with E-state index in [9.17, 15) is 0 Å². The number of aromatic amines is 1. The number of anilines is 1. The second kappa shape index (κ2) is 10.3. The van der Waals surface area contributed by atoms with Gasteiger partial charge in [0.05, 0.1) is 6.54 Å². The number of aromatic nitrogens is 7. The van der Waals surface area contributed by atoms with Crippen LogP contribution in [0.4, 0.5) is 5.69 Å². The first-order valence-corrected chi connectivity index (χ1v) is 11.9. The Balaban J connectivity index is 1.35. The first-order valence-electron chi connectivity index (χ1n) is 11.9. The summed E-state index contributed by atoms with van der Waals surface area (Å²) >= 11 is 0. The molecule has 0 saturated heterocycles. The maximum absolute atomic E-state index is 5.82. The van der Waals surface area contributed by atoms with Crippen molar-refractivity contribution in [1.29, 1.82) is 0 Å². The van der Waals surface area contributed by atoms with E-state index in [4.69, 9.17) is 15.8 Å². The molecule has 8 heteroatoms. The molecular weight excluding hydrogens is 436 g/mol. The third kappa shape index (κ3) is 5.27. The third-order valence-corrected chi connectivity index (χ3v) is 5.99. The van der Waals surface area contributed by atoms with Crippen LogP contribution in [0.3, 0.4) is 0 Å². The van der Waals surface area contributed by atoms with Crippen molar-refractivity contribution in [2.75, 3.05) is 5.73 Å². The highest BCUT2D eigenvalue weighted by Crippen LogP contribution is 2.29. The number of rotatable bonds is 9. The minimum atomic E-state index is 0.585. The van der Waals surface area contributed by atoms with Crippen LogP contribution in [0.25, 0.3) is 22.5 Å². The zero-order chi connectivity index (χ0) is 24.0. The molecule has 0 amide bonds. The largest absolute Gasteiger partial charge is 0.399 e. The molecule has 0 unspecified atom stereocenters. The summed E-state index contributed by atoms with van der Waals surface area (Å²) in [5.41, 5.74) is 12.1. The second-order valence-electron chi connectivity index (χ2n) is 8.57. The molecule has 2 heterocycles. The van der Waals surface area contributed by atoms with Crippen LogP contribution in [-0.4, -0.2) is 35.4 Å². The van der Waals surface area contributed by atoms with E-state index >= 15 is 0 Å². The van der Waals surface area contributed by atoms with Crippen molar-refractivity contribution in [1.82, 2.24) is 35.4 Å². The van der Waals surface area contributed by atoms with Crippen LogP contribution in [0.5, 0.6) is 0 Å². The van der Waals surface area contributed by atoms with Crippen molar-refractivity contribution >= 4 is 5.69 Å². The average Bonchev–Trinajstić information content (AvgIpc) is 3.55. The predicted molar refractivity (Wildman–Crippen MR) is 136 cm³/mol. The van der Waals surface area contributed by atoms with Crippen molar-refractivity contribution in [2.24, 2.45) is 0 Å². The monoisotopic (exact) mass is 464 g/mol. The number of nitrogens with zero attached hydrogens (tertiary/aromatic N) is 6. The van der Waals surface area contributed by atoms with Gasteiger partial charge in [-0.15, -0.1) is 10.2 Å². The minimum absolute atomic E-state index is 0.585. The van der Waals surface area contributed by atoms with Crippen molar-refractivity contribution in [3.8, 4) is 22.5 Å². The molecule has 0 aliphatic rings. The molecule has 0 spiro atoms.